The Balaban J connectivity index is 2.93. The normalized spacial score (nSPS) is 10.6. The minimum absolute atomic E-state index is 0.528. The third-order valence-electron chi connectivity index (χ3n) is 2.55. The molecule has 0 bridgehead atoms. The molecule has 0 aromatic carbocycles. The third kappa shape index (κ3) is 2.04. The highest BCUT2D eigenvalue weighted by Crippen LogP contribution is 2.14. The largest absolute Gasteiger partial charge is 0.327 e. The lowest BCUT2D eigenvalue weighted by molar-refractivity contribution is 0.644. The van der Waals surface area contributed by atoms with Crippen LogP contribution < -0.4 is 5.73 Å². The number of nitrogens with two attached hydrogens (primary N) is 1. The molecule has 1 heterocycles. The van der Waals surface area contributed by atoms with E-state index in [-0.39, 0.29) is 0 Å². The molecule has 0 aliphatic heterocycles. The van der Waals surface area contributed by atoms with Gasteiger partial charge in [0, 0.05) is 12.2 Å². The zero-order valence-electron chi connectivity index (χ0n) is 9.30. The molecule has 1 aromatic heterocycles. The van der Waals surface area contributed by atoms with E-state index >= 15 is 0 Å². The quantitative estimate of drug-likeness (QED) is 0.738. The fraction of sp³-hybridized carbons (Fsp3) is 0.545. The second-order valence-electron chi connectivity index (χ2n) is 3.61. The van der Waals surface area contributed by atoms with Crippen LogP contribution in [0.2, 0.25) is 0 Å². The van der Waals surface area contributed by atoms with Gasteiger partial charge in [-0.05, 0) is 31.4 Å². The van der Waals surface area contributed by atoms with Gasteiger partial charge in [-0.1, -0.05) is 13.5 Å². The van der Waals surface area contributed by atoms with Crippen molar-refractivity contribution in [1.82, 2.24) is 9.78 Å². The van der Waals surface area contributed by atoms with Crippen molar-refractivity contribution in [3.8, 4) is 0 Å². The van der Waals surface area contributed by atoms with Crippen molar-refractivity contribution >= 4 is 0 Å². The molecule has 0 unspecified atom stereocenters. The molecule has 3 heteroatoms. The highest BCUT2D eigenvalue weighted by Gasteiger charge is 2.09. The Morgan fingerprint density at radius 2 is 2.14 bits per heavy atom. The van der Waals surface area contributed by atoms with Gasteiger partial charge in [-0.2, -0.15) is 5.10 Å². The predicted octanol–water partition coefficient (Wildman–Crippen LogP) is 1.58. The van der Waals surface area contributed by atoms with Crippen LogP contribution in [-0.4, -0.2) is 16.3 Å². The van der Waals surface area contributed by atoms with E-state index < -0.39 is 0 Å². The number of nitrogens with zero attached hydrogens (tertiary/aromatic N) is 2. The Morgan fingerprint density at radius 1 is 1.50 bits per heavy atom. The summed E-state index contributed by atoms with van der Waals surface area (Å²) < 4.78 is 1.99. The highest BCUT2D eigenvalue weighted by molar-refractivity contribution is 5.24. The zero-order valence-corrected chi connectivity index (χ0v) is 9.30. The SMILES string of the molecule is C=C(CN)Cn1nc(C)c(CC)c1C. The Kier molecular flexibility index (Phi) is 3.47. The lowest BCUT2D eigenvalue weighted by atomic mass is 10.1. The summed E-state index contributed by atoms with van der Waals surface area (Å²) >= 11 is 0. The summed E-state index contributed by atoms with van der Waals surface area (Å²) in [5.74, 6) is 0. The molecule has 0 radical (unpaired) electrons. The van der Waals surface area contributed by atoms with E-state index in [2.05, 4.69) is 25.5 Å². The third-order valence-corrected chi connectivity index (χ3v) is 2.55. The molecular weight excluding hydrogens is 174 g/mol. The van der Waals surface area contributed by atoms with Gasteiger partial charge in [0.25, 0.3) is 0 Å². The number of hydrogen-bond acceptors (Lipinski definition) is 2. The summed E-state index contributed by atoms with van der Waals surface area (Å²) in [5.41, 5.74) is 10.2. The summed E-state index contributed by atoms with van der Waals surface area (Å²) in [5, 5.41) is 4.47. The molecule has 2 N–H and O–H groups in total. The molecule has 1 aromatic rings. The minimum atomic E-state index is 0.528. The van der Waals surface area contributed by atoms with Crippen LogP contribution in [0.5, 0.6) is 0 Å². The van der Waals surface area contributed by atoms with Crippen LogP contribution in [0.25, 0.3) is 0 Å². The van der Waals surface area contributed by atoms with E-state index in [0.717, 1.165) is 24.2 Å². The van der Waals surface area contributed by atoms with E-state index in [9.17, 15) is 0 Å². The van der Waals surface area contributed by atoms with Crippen LogP contribution in [0.1, 0.15) is 23.9 Å². The van der Waals surface area contributed by atoms with Crippen LogP contribution >= 0.6 is 0 Å². The first kappa shape index (κ1) is 11.0. The molecule has 14 heavy (non-hydrogen) atoms. The lowest BCUT2D eigenvalue weighted by Gasteiger charge is -2.05. The molecule has 3 nitrogen and oxygen atoms in total. The number of aromatic nitrogens is 2. The Bertz CT molecular complexity index is 337. The number of rotatable bonds is 4. The first-order chi connectivity index (χ1) is 6.60. The number of hydrogen-bond donors (Lipinski definition) is 1. The van der Waals surface area contributed by atoms with Gasteiger partial charge in [0.1, 0.15) is 0 Å². The van der Waals surface area contributed by atoms with Crippen molar-refractivity contribution in [2.45, 2.75) is 33.7 Å². The van der Waals surface area contributed by atoms with E-state index in [1.807, 2.05) is 11.6 Å². The molecule has 0 saturated heterocycles. The molecule has 0 saturated carbocycles. The van der Waals surface area contributed by atoms with Crippen molar-refractivity contribution in [1.29, 1.82) is 0 Å². The van der Waals surface area contributed by atoms with E-state index in [1.54, 1.807) is 0 Å². The van der Waals surface area contributed by atoms with Crippen molar-refractivity contribution in [3.05, 3.63) is 29.1 Å². The molecule has 0 atom stereocenters. The van der Waals surface area contributed by atoms with E-state index in [0.29, 0.717) is 6.54 Å². The van der Waals surface area contributed by atoms with Gasteiger partial charge >= 0.3 is 0 Å². The molecular formula is C11H19N3. The minimum Gasteiger partial charge on any atom is -0.327 e. The summed E-state index contributed by atoms with van der Waals surface area (Å²) in [7, 11) is 0. The van der Waals surface area contributed by atoms with E-state index in [1.165, 1.54) is 11.3 Å². The maximum Gasteiger partial charge on any atom is 0.0632 e. The second kappa shape index (κ2) is 4.42. The second-order valence-corrected chi connectivity index (χ2v) is 3.61. The topological polar surface area (TPSA) is 43.8 Å². The first-order valence-corrected chi connectivity index (χ1v) is 4.99. The van der Waals surface area contributed by atoms with Gasteiger partial charge in [0.2, 0.25) is 0 Å². The van der Waals surface area contributed by atoms with Crippen LogP contribution in [0.15, 0.2) is 12.2 Å². The standard InChI is InChI=1S/C11H19N3/c1-5-11-9(3)13-14(10(11)4)7-8(2)6-12/h2,5-7,12H2,1,3-4H3. The average molecular weight is 193 g/mol. The van der Waals surface area contributed by atoms with Crippen LogP contribution in [-0.2, 0) is 13.0 Å². The molecule has 78 valence electrons. The highest BCUT2D eigenvalue weighted by atomic mass is 15.3. The molecule has 0 amide bonds. The average Bonchev–Trinajstić information content (AvgIpc) is 2.42. The summed E-state index contributed by atoms with van der Waals surface area (Å²) in [6.45, 7) is 11.5. The molecule has 0 spiro atoms. The van der Waals surface area contributed by atoms with Gasteiger partial charge in [-0.3, -0.25) is 4.68 Å². The zero-order chi connectivity index (χ0) is 10.7. The lowest BCUT2D eigenvalue weighted by Crippen LogP contribution is -2.11. The smallest absolute Gasteiger partial charge is 0.0632 e. The molecule has 0 aliphatic carbocycles. The monoisotopic (exact) mass is 193 g/mol. The first-order valence-electron chi connectivity index (χ1n) is 4.99. The summed E-state index contributed by atoms with van der Waals surface area (Å²) in [4.78, 5) is 0. The fourth-order valence-electron chi connectivity index (χ4n) is 1.68. The van der Waals surface area contributed by atoms with Crippen molar-refractivity contribution in [2.24, 2.45) is 5.73 Å². The van der Waals surface area contributed by atoms with Gasteiger partial charge in [-0.25, -0.2) is 0 Å². The predicted molar refractivity (Wildman–Crippen MR) is 59.3 cm³/mol. The van der Waals surface area contributed by atoms with Crippen LogP contribution in [0.3, 0.4) is 0 Å². The summed E-state index contributed by atoms with van der Waals surface area (Å²) in [6, 6.07) is 0. The van der Waals surface area contributed by atoms with Gasteiger partial charge in [-0.15, -0.1) is 0 Å². The Morgan fingerprint density at radius 3 is 2.57 bits per heavy atom. The van der Waals surface area contributed by atoms with Crippen LogP contribution in [0.4, 0.5) is 0 Å². The number of aryl methyl sites for hydroxylation is 1. The van der Waals surface area contributed by atoms with Gasteiger partial charge in [0.05, 0.1) is 12.2 Å². The Hall–Kier alpha value is -1.09. The summed E-state index contributed by atoms with van der Waals surface area (Å²) in [6.07, 6.45) is 1.03. The molecule has 1 rings (SSSR count). The van der Waals surface area contributed by atoms with Gasteiger partial charge < -0.3 is 5.73 Å². The molecule has 0 aliphatic rings. The molecule has 0 fully saturated rings. The van der Waals surface area contributed by atoms with Crippen molar-refractivity contribution in [2.75, 3.05) is 6.54 Å². The van der Waals surface area contributed by atoms with Gasteiger partial charge in [0.15, 0.2) is 0 Å². The van der Waals surface area contributed by atoms with Crippen molar-refractivity contribution in [3.63, 3.8) is 0 Å². The maximum atomic E-state index is 5.51. The Labute approximate surface area is 85.6 Å². The van der Waals surface area contributed by atoms with Crippen LogP contribution in [0, 0.1) is 13.8 Å². The fourth-order valence-corrected chi connectivity index (χ4v) is 1.68. The van der Waals surface area contributed by atoms with Crippen molar-refractivity contribution < 1.29 is 0 Å². The maximum absolute atomic E-state index is 5.51. The van der Waals surface area contributed by atoms with E-state index in [4.69, 9.17) is 5.73 Å².